The predicted molar refractivity (Wildman–Crippen MR) is 82.0 cm³/mol. The Morgan fingerprint density at radius 2 is 2.04 bits per heavy atom. The lowest BCUT2D eigenvalue weighted by Crippen LogP contribution is -2.32. The van der Waals surface area contributed by atoms with Crippen LogP contribution >= 0.6 is 0 Å². The van der Waals surface area contributed by atoms with E-state index in [4.69, 9.17) is 0 Å². The number of carbonyl (C=O) groups is 1. The van der Waals surface area contributed by atoms with Gasteiger partial charge in [-0.05, 0) is 38.4 Å². The van der Waals surface area contributed by atoms with E-state index in [-0.39, 0.29) is 24.3 Å². The van der Waals surface area contributed by atoms with Crippen LogP contribution in [0.5, 0.6) is 0 Å². The Bertz CT molecular complexity index is 664. The van der Waals surface area contributed by atoms with Crippen LogP contribution in [0.3, 0.4) is 0 Å². The molecule has 5 nitrogen and oxygen atoms in total. The minimum Gasteiger partial charge on any atom is -0.480 e. The van der Waals surface area contributed by atoms with Crippen molar-refractivity contribution in [2.24, 2.45) is 5.92 Å². The summed E-state index contributed by atoms with van der Waals surface area (Å²) in [6.45, 7) is 0.363. The Morgan fingerprint density at radius 1 is 1.42 bits per heavy atom. The van der Waals surface area contributed by atoms with E-state index in [9.17, 15) is 27.9 Å². The number of pyridine rings is 1. The van der Waals surface area contributed by atoms with E-state index in [1.807, 2.05) is 0 Å². The van der Waals surface area contributed by atoms with Gasteiger partial charge in [-0.1, -0.05) is 12.8 Å². The van der Waals surface area contributed by atoms with E-state index in [0.717, 1.165) is 23.6 Å². The van der Waals surface area contributed by atoms with Crippen LogP contribution in [0.1, 0.15) is 36.4 Å². The van der Waals surface area contributed by atoms with Crippen LogP contribution in [-0.4, -0.2) is 41.2 Å². The van der Waals surface area contributed by atoms with Crippen molar-refractivity contribution in [2.45, 2.75) is 37.9 Å². The summed E-state index contributed by atoms with van der Waals surface area (Å²) in [5.74, 6) is -0.965. The Morgan fingerprint density at radius 3 is 2.50 bits per heavy atom. The van der Waals surface area contributed by atoms with E-state index in [1.165, 1.54) is 0 Å². The summed E-state index contributed by atoms with van der Waals surface area (Å²) >= 11 is 0. The number of halogens is 3. The summed E-state index contributed by atoms with van der Waals surface area (Å²) in [6.07, 6.45) is -1.42. The quantitative estimate of drug-likeness (QED) is 0.823. The number of alkyl halides is 3. The molecule has 0 bridgehead atoms. The number of carboxylic acids is 1. The van der Waals surface area contributed by atoms with Gasteiger partial charge in [-0.2, -0.15) is 13.2 Å². The number of hydrogen-bond acceptors (Lipinski definition) is 3. The number of carboxylic acid groups (broad SMARTS) is 1. The van der Waals surface area contributed by atoms with Gasteiger partial charge < -0.3 is 14.6 Å². The molecule has 24 heavy (non-hydrogen) atoms. The first-order valence-corrected chi connectivity index (χ1v) is 7.79. The van der Waals surface area contributed by atoms with Crippen LogP contribution in [0.4, 0.5) is 13.2 Å². The highest BCUT2D eigenvalue weighted by atomic mass is 19.4. The van der Waals surface area contributed by atoms with Gasteiger partial charge in [0.15, 0.2) is 0 Å². The number of aliphatic carboxylic acids is 1. The third-order valence-corrected chi connectivity index (χ3v) is 4.17. The van der Waals surface area contributed by atoms with Crippen molar-refractivity contribution in [2.75, 3.05) is 20.6 Å². The molecular formula is C16H21F3N2O3. The van der Waals surface area contributed by atoms with Gasteiger partial charge in [0.05, 0.1) is 5.56 Å². The lowest BCUT2D eigenvalue weighted by atomic mass is 10.0. The van der Waals surface area contributed by atoms with Gasteiger partial charge >= 0.3 is 12.1 Å². The second-order valence-electron chi connectivity index (χ2n) is 6.54. The monoisotopic (exact) mass is 346 g/mol. The van der Waals surface area contributed by atoms with Crippen LogP contribution < -0.4 is 5.56 Å². The zero-order chi connectivity index (χ0) is 18.1. The summed E-state index contributed by atoms with van der Waals surface area (Å²) in [7, 11) is 3.47. The fourth-order valence-corrected chi connectivity index (χ4v) is 2.65. The summed E-state index contributed by atoms with van der Waals surface area (Å²) in [5.41, 5.74) is -1.97. The topological polar surface area (TPSA) is 62.5 Å². The molecule has 1 heterocycles. The van der Waals surface area contributed by atoms with E-state index in [0.29, 0.717) is 12.6 Å². The van der Waals surface area contributed by atoms with Gasteiger partial charge in [-0.25, -0.2) is 4.79 Å². The molecular weight excluding hydrogens is 325 g/mol. The molecule has 1 unspecified atom stereocenters. The standard InChI is InChI=1S/C16H21F3N2O3/c1-20(2)6-5-11-9-21(13(15(23)24)7-10-3-4-10)14(22)8-12(11)16(17,18)19/h8-10,13H,3-7H2,1-2H3,(H,23,24). The molecule has 1 saturated carbocycles. The molecule has 8 heteroatoms. The maximum Gasteiger partial charge on any atom is 0.416 e. The highest BCUT2D eigenvalue weighted by Crippen LogP contribution is 2.37. The van der Waals surface area contributed by atoms with Gasteiger partial charge in [-0.15, -0.1) is 0 Å². The van der Waals surface area contributed by atoms with Crippen LogP contribution in [0.2, 0.25) is 0 Å². The molecule has 134 valence electrons. The lowest BCUT2D eigenvalue weighted by molar-refractivity contribution is -0.141. The number of rotatable bonds is 7. The van der Waals surface area contributed by atoms with E-state index < -0.39 is 29.3 Å². The Hall–Kier alpha value is -1.83. The summed E-state index contributed by atoms with van der Waals surface area (Å²) in [6, 6.07) is -0.598. The van der Waals surface area contributed by atoms with Gasteiger partial charge in [0.25, 0.3) is 5.56 Å². The molecule has 0 radical (unpaired) electrons. The SMILES string of the molecule is CN(C)CCc1cn(C(CC2CC2)C(=O)O)c(=O)cc1C(F)(F)F. The van der Waals surface area contributed by atoms with Crippen LogP contribution in [0.25, 0.3) is 0 Å². The van der Waals surface area contributed by atoms with Crippen LogP contribution in [-0.2, 0) is 17.4 Å². The summed E-state index contributed by atoms with van der Waals surface area (Å²) in [5, 5.41) is 9.38. The Labute approximate surface area is 137 Å². The lowest BCUT2D eigenvalue weighted by Gasteiger charge is -2.20. The number of nitrogens with zero attached hydrogens (tertiary/aromatic N) is 2. The number of hydrogen-bond donors (Lipinski definition) is 1. The highest BCUT2D eigenvalue weighted by molar-refractivity contribution is 5.72. The zero-order valence-electron chi connectivity index (χ0n) is 13.6. The van der Waals surface area contributed by atoms with Gasteiger partial charge in [0.2, 0.25) is 0 Å². The van der Waals surface area contributed by atoms with E-state index in [2.05, 4.69) is 0 Å². The fourth-order valence-electron chi connectivity index (χ4n) is 2.65. The highest BCUT2D eigenvalue weighted by Gasteiger charge is 2.36. The van der Waals surface area contributed by atoms with Crippen molar-refractivity contribution in [3.63, 3.8) is 0 Å². The zero-order valence-corrected chi connectivity index (χ0v) is 13.6. The third-order valence-electron chi connectivity index (χ3n) is 4.17. The average Bonchev–Trinajstić information content (AvgIpc) is 3.26. The van der Waals surface area contributed by atoms with Crippen molar-refractivity contribution in [1.82, 2.24) is 9.47 Å². The number of aromatic nitrogens is 1. The first-order chi connectivity index (χ1) is 11.1. The summed E-state index contributed by atoms with van der Waals surface area (Å²) < 4.78 is 40.5. The fraction of sp³-hybridized carbons (Fsp3) is 0.625. The average molecular weight is 346 g/mol. The third kappa shape index (κ3) is 4.59. The Balaban J connectivity index is 2.45. The molecule has 0 aliphatic heterocycles. The van der Waals surface area contributed by atoms with Crippen LogP contribution in [0, 0.1) is 5.92 Å². The molecule has 0 spiro atoms. The van der Waals surface area contributed by atoms with Crippen molar-refractivity contribution in [3.05, 3.63) is 33.7 Å². The van der Waals surface area contributed by atoms with Crippen molar-refractivity contribution in [3.8, 4) is 0 Å². The van der Waals surface area contributed by atoms with Gasteiger partial charge in [-0.3, -0.25) is 4.79 Å². The molecule has 1 aromatic rings. The van der Waals surface area contributed by atoms with E-state index in [1.54, 1.807) is 19.0 Å². The molecule has 2 rings (SSSR count). The maximum atomic E-state index is 13.2. The molecule has 1 aliphatic rings. The minimum absolute atomic E-state index is 0.0575. The van der Waals surface area contributed by atoms with Crippen molar-refractivity contribution < 1.29 is 23.1 Å². The largest absolute Gasteiger partial charge is 0.480 e. The molecule has 1 aliphatic carbocycles. The normalized spacial score (nSPS) is 16.4. The maximum absolute atomic E-state index is 13.2. The predicted octanol–water partition coefficient (Wildman–Crippen LogP) is 2.40. The second-order valence-corrected chi connectivity index (χ2v) is 6.54. The molecule has 1 fully saturated rings. The smallest absolute Gasteiger partial charge is 0.416 e. The molecule has 0 aromatic carbocycles. The first-order valence-electron chi connectivity index (χ1n) is 7.79. The van der Waals surface area contributed by atoms with Gasteiger partial charge in [0.1, 0.15) is 6.04 Å². The summed E-state index contributed by atoms with van der Waals surface area (Å²) in [4.78, 5) is 25.3. The molecule has 0 amide bonds. The molecule has 1 N–H and O–H groups in total. The van der Waals surface area contributed by atoms with Crippen LogP contribution in [0.15, 0.2) is 17.1 Å². The first kappa shape index (κ1) is 18.5. The van der Waals surface area contributed by atoms with Gasteiger partial charge in [0, 0.05) is 18.8 Å². The van der Waals surface area contributed by atoms with E-state index >= 15 is 0 Å². The molecule has 0 saturated heterocycles. The second kappa shape index (κ2) is 6.96. The molecule has 1 aromatic heterocycles. The van der Waals surface area contributed by atoms with Crippen molar-refractivity contribution >= 4 is 5.97 Å². The Kier molecular flexibility index (Phi) is 5.37. The molecule has 1 atom stereocenters. The number of likely N-dealkylation sites (N-methyl/N-ethyl adjacent to an activating group) is 1. The minimum atomic E-state index is -4.64. The van der Waals surface area contributed by atoms with Crippen molar-refractivity contribution in [1.29, 1.82) is 0 Å².